The van der Waals surface area contributed by atoms with E-state index < -0.39 is 0 Å². The Labute approximate surface area is 114 Å². The fourth-order valence-electron chi connectivity index (χ4n) is 3.47. The average Bonchev–Trinajstić information content (AvgIpc) is 2.33. The van der Waals surface area contributed by atoms with E-state index in [4.69, 9.17) is 5.11 Å². The third-order valence-electron chi connectivity index (χ3n) is 4.51. The van der Waals surface area contributed by atoms with Crippen LogP contribution in [0, 0.1) is 5.92 Å². The molecular weight excluding hydrogens is 222 g/mol. The lowest BCUT2D eigenvalue weighted by Crippen LogP contribution is -2.39. The lowest BCUT2D eigenvalue weighted by Gasteiger charge is -2.36. The first-order valence-corrected chi connectivity index (χ1v) is 8.10. The highest BCUT2D eigenvalue weighted by molar-refractivity contribution is 4.79. The summed E-state index contributed by atoms with van der Waals surface area (Å²) >= 11 is 0. The molecular formula is C16H33NO. The van der Waals surface area contributed by atoms with Crippen LogP contribution in [0.1, 0.15) is 71.1 Å². The van der Waals surface area contributed by atoms with Crippen molar-refractivity contribution in [1.29, 1.82) is 0 Å². The highest BCUT2D eigenvalue weighted by atomic mass is 16.2. The Morgan fingerprint density at radius 3 is 2.44 bits per heavy atom. The smallest absolute Gasteiger partial charge is 0.0431 e. The van der Waals surface area contributed by atoms with Crippen molar-refractivity contribution in [3.8, 4) is 0 Å². The Morgan fingerprint density at radius 2 is 1.78 bits per heavy atom. The Morgan fingerprint density at radius 1 is 1.06 bits per heavy atom. The zero-order valence-electron chi connectivity index (χ0n) is 12.5. The van der Waals surface area contributed by atoms with Gasteiger partial charge in [0.05, 0.1) is 0 Å². The van der Waals surface area contributed by atoms with Crippen molar-refractivity contribution in [2.45, 2.75) is 77.2 Å². The van der Waals surface area contributed by atoms with Gasteiger partial charge in [0.15, 0.2) is 0 Å². The average molecular weight is 255 g/mol. The minimum Gasteiger partial charge on any atom is -0.396 e. The SMILES string of the molecule is CCCC1CCCCCCC1N(C)CCCCO. The molecule has 2 heteroatoms. The topological polar surface area (TPSA) is 23.5 Å². The fraction of sp³-hybridized carbons (Fsp3) is 1.00. The molecule has 1 rings (SSSR count). The van der Waals surface area contributed by atoms with E-state index in [2.05, 4.69) is 18.9 Å². The molecule has 1 saturated carbocycles. The third kappa shape index (κ3) is 5.71. The van der Waals surface area contributed by atoms with Gasteiger partial charge in [-0.05, 0) is 51.6 Å². The monoisotopic (exact) mass is 255 g/mol. The van der Waals surface area contributed by atoms with E-state index in [-0.39, 0.29) is 0 Å². The zero-order chi connectivity index (χ0) is 13.2. The third-order valence-corrected chi connectivity index (χ3v) is 4.51. The molecule has 2 atom stereocenters. The number of unbranched alkanes of at least 4 members (excludes halogenated alkanes) is 1. The minimum atomic E-state index is 0.344. The highest BCUT2D eigenvalue weighted by Crippen LogP contribution is 2.29. The van der Waals surface area contributed by atoms with Crippen molar-refractivity contribution in [2.75, 3.05) is 20.2 Å². The zero-order valence-corrected chi connectivity index (χ0v) is 12.5. The first-order chi connectivity index (χ1) is 8.79. The van der Waals surface area contributed by atoms with Crippen molar-refractivity contribution < 1.29 is 5.11 Å². The lowest BCUT2D eigenvalue weighted by atomic mass is 9.83. The van der Waals surface area contributed by atoms with Gasteiger partial charge in [0.1, 0.15) is 0 Å². The van der Waals surface area contributed by atoms with Crippen LogP contribution in [0.15, 0.2) is 0 Å². The second-order valence-electron chi connectivity index (χ2n) is 6.02. The van der Waals surface area contributed by atoms with Crippen LogP contribution in [0.3, 0.4) is 0 Å². The van der Waals surface area contributed by atoms with Crippen molar-refractivity contribution in [2.24, 2.45) is 5.92 Å². The first kappa shape index (κ1) is 16.0. The molecule has 2 nitrogen and oxygen atoms in total. The van der Waals surface area contributed by atoms with Crippen LogP contribution in [-0.4, -0.2) is 36.2 Å². The summed E-state index contributed by atoms with van der Waals surface area (Å²) in [4.78, 5) is 2.58. The molecule has 1 aliphatic rings. The molecule has 0 bridgehead atoms. The maximum Gasteiger partial charge on any atom is 0.0431 e. The summed E-state index contributed by atoms with van der Waals surface area (Å²) in [6, 6.07) is 0.795. The molecule has 0 amide bonds. The normalized spacial score (nSPS) is 26.0. The molecule has 1 fully saturated rings. The van der Waals surface area contributed by atoms with E-state index in [9.17, 15) is 0 Å². The standard InChI is InChI=1S/C16H33NO/c1-3-10-15-11-6-4-5-7-12-16(15)17(2)13-8-9-14-18/h15-16,18H,3-14H2,1-2H3. The Kier molecular flexibility index (Phi) is 8.70. The van der Waals surface area contributed by atoms with Gasteiger partial charge in [-0.3, -0.25) is 0 Å². The van der Waals surface area contributed by atoms with E-state index in [1.807, 2.05) is 0 Å². The number of nitrogens with zero attached hydrogens (tertiary/aromatic N) is 1. The molecule has 0 aromatic heterocycles. The van der Waals surface area contributed by atoms with Crippen LogP contribution in [0.25, 0.3) is 0 Å². The summed E-state index contributed by atoms with van der Waals surface area (Å²) in [7, 11) is 2.30. The summed E-state index contributed by atoms with van der Waals surface area (Å²) in [6.07, 6.45) is 13.4. The van der Waals surface area contributed by atoms with Crippen molar-refractivity contribution >= 4 is 0 Å². The maximum atomic E-state index is 8.89. The van der Waals surface area contributed by atoms with Gasteiger partial charge in [0.2, 0.25) is 0 Å². The molecule has 0 aromatic rings. The van der Waals surface area contributed by atoms with Crippen LogP contribution in [0.5, 0.6) is 0 Å². The number of aliphatic hydroxyl groups is 1. The van der Waals surface area contributed by atoms with E-state index in [0.29, 0.717) is 6.61 Å². The number of rotatable bonds is 7. The summed E-state index contributed by atoms with van der Waals surface area (Å²) < 4.78 is 0. The summed E-state index contributed by atoms with van der Waals surface area (Å²) in [6.45, 7) is 3.82. The quantitative estimate of drug-likeness (QED) is 0.699. The minimum absolute atomic E-state index is 0.344. The summed E-state index contributed by atoms with van der Waals surface area (Å²) in [5.41, 5.74) is 0. The predicted octanol–water partition coefficient (Wildman–Crippen LogP) is 3.83. The summed E-state index contributed by atoms with van der Waals surface area (Å²) in [5, 5.41) is 8.89. The molecule has 0 heterocycles. The van der Waals surface area contributed by atoms with Gasteiger partial charge in [-0.2, -0.15) is 0 Å². The van der Waals surface area contributed by atoms with Gasteiger partial charge >= 0.3 is 0 Å². The molecule has 0 aliphatic heterocycles. The number of aliphatic hydroxyl groups excluding tert-OH is 1. The van der Waals surface area contributed by atoms with Gasteiger partial charge in [0.25, 0.3) is 0 Å². The molecule has 18 heavy (non-hydrogen) atoms. The van der Waals surface area contributed by atoms with E-state index in [1.54, 1.807) is 0 Å². The first-order valence-electron chi connectivity index (χ1n) is 8.10. The van der Waals surface area contributed by atoms with E-state index in [0.717, 1.165) is 31.3 Å². The molecule has 1 N–H and O–H groups in total. The van der Waals surface area contributed by atoms with Crippen molar-refractivity contribution in [1.82, 2.24) is 4.90 Å². The fourth-order valence-corrected chi connectivity index (χ4v) is 3.47. The van der Waals surface area contributed by atoms with Crippen LogP contribution in [0.2, 0.25) is 0 Å². The second kappa shape index (κ2) is 9.80. The molecule has 108 valence electrons. The number of hydrogen-bond acceptors (Lipinski definition) is 2. The van der Waals surface area contributed by atoms with Gasteiger partial charge in [0, 0.05) is 12.6 Å². The van der Waals surface area contributed by atoms with Gasteiger partial charge in [-0.1, -0.05) is 39.0 Å². The molecule has 0 radical (unpaired) electrons. The Bertz CT molecular complexity index is 196. The largest absolute Gasteiger partial charge is 0.396 e. The highest BCUT2D eigenvalue weighted by Gasteiger charge is 2.25. The molecule has 0 spiro atoms. The number of hydrogen-bond donors (Lipinski definition) is 1. The van der Waals surface area contributed by atoms with Gasteiger partial charge < -0.3 is 10.0 Å². The summed E-state index contributed by atoms with van der Waals surface area (Å²) in [5.74, 6) is 0.912. The van der Waals surface area contributed by atoms with Crippen molar-refractivity contribution in [3.05, 3.63) is 0 Å². The van der Waals surface area contributed by atoms with E-state index in [1.165, 1.54) is 51.4 Å². The molecule has 1 aliphatic carbocycles. The molecule has 0 saturated heterocycles. The second-order valence-corrected chi connectivity index (χ2v) is 6.02. The van der Waals surface area contributed by atoms with Crippen LogP contribution >= 0.6 is 0 Å². The van der Waals surface area contributed by atoms with Crippen LogP contribution in [0.4, 0.5) is 0 Å². The molecule has 2 unspecified atom stereocenters. The van der Waals surface area contributed by atoms with Crippen molar-refractivity contribution in [3.63, 3.8) is 0 Å². The Balaban J connectivity index is 2.47. The maximum absolute atomic E-state index is 8.89. The Hall–Kier alpha value is -0.0800. The van der Waals surface area contributed by atoms with Gasteiger partial charge in [-0.25, -0.2) is 0 Å². The van der Waals surface area contributed by atoms with Gasteiger partial charge in [-0.15, -0.1) is 0 Å². The van der Waals surface area contributed by atoms with Crippen LogP contribution in [-0.2, 0) is 0 Å². The predicted molar refractivity (Wildman–Crippen MR) is 78.8 cm³/mol. The molecule has 0 aromatic carbocycles. The van der Waals surface area contributed by atoms with Crippen LogP contribution < -0.4 is 0 Å². The lowest BCUT2D eigenvalue weighted by molar-refractivity contribution is 0.133. The van der Waals surface area contributed by atoms with E-state index >= 15 is 0 Å².